The monoisotopic (exact) mass is 301 g/mol. The van der Waals surface area contributed by atoms with Gasteiger partial charge < -0.3 is 9.88 Å². The van der Waals surface area contributed by atoms with Gasteiger partial charge in [0.2, 0.25) is 0 Å². The van der Waals surface area contributed by atoms with E-state index in [0.29, 0.717) is 12.1 Å². The Kier molecular flexibility index (Phi) is 2.65. The second-order valence-electron chi connectivity index (χ2n) is 6.94. The third-order valence-electron chi connectivity index (χ3n) is 5.61. The first kappa shape index (κ1) is 12.5. The minimum atomic E-state index is 0.448. The molecule has 3 nitrogen and oxygen atoms in total. The summed E-state index contributed by atoms with van der Waals surface area (Å²) in [5.41, 5.74) is 2.33. The average molecular weight is 302 g/mol. The van der Waals surface area contributed by atoms with E-state index in [2.05, 4.69) is 16.0 Å². The van der Waals surface area contributed by atoms with Crippen LogP contribution in [0.1, 0.15) is 50.0 Å². The van der Waals surface area contributed by atoms with Crippen LogP contribution in [0, 0.1) is 11.8 Å². The van der Waals surface area contributed by atoms with E-state index >= 15 is 0 Å². The second kappa shape index (κ2) is 4.47. The number of fused-ring (bicyclic) bond motifs is 2. The van der Waals surface area contributed by atoms with Crippen molar-refractivity contribution < 1.29 is 0 Å². The topological polar surface area (TPSA) is 29.9 Å². The molecule has 0 radical (unpaired) electrons. The van der Waals surface area contributed by atoms with Gasteiger partial charge in [0, 0.05) is 11.1 Å². The fourth-order valence-corrected chi connectivity index (χ4v) is 4.66. The van der Waals surface area contributed by atoms with Crippen LogP contribution in [-0.2, 0) is 0 Å². The lowest BCUT2D eigenvalue weighted by atomic mass is 9.93. The molecule has 3 unspecified atom stereocenters. The van der Waals surface area contributed by atoms with Gasteiger partial charge in [-0.3, -0.25) is 0 Å². The molecule has 0 bridgehead atoms. The first-order chi connectivity index (χ1) is 10.3. The molecule has 2 aromatic rings. The number of nitrogens with one attached hydrogen (secondary N) is 1. The van der Waals surface area contributed by atoms with Crippen molar-refractivity contribution in [3.05, 3.63) is 29.0 Å². The quantitative estimate of drug-likeness (QED) is 0.905. The van der Waals surface area contributed by atoms with Crippen LogP contribution in [-0.4, -0.2) is 16.1 Å². The number of halogens is 1. The highest BCUT2D eigenvalue weighted by Gasteiger charge is 2.43. The molecule has 0 amide bonds. The summed E-state index contributed by atoms with van der Waals surface area (Å²) in [4.78, 5) is 4.99. The number of hydrogen-bond acceptors (Lipinski definition) is 2. The Hall–Kier alpha value is -1.06. The number of rotatable bonds is 2. The van der Waals surface area contributed by atoms with Crippen LogP contribution in [0.2, 0.25) is 5.02 Å². The minimum Gasteiger partial charge on any atom is -0.324 e. The first-order valence-electron chi connectivity index (χ1n) is 8.22. The predicted octanol–water partition coefficient (Wildman–Crippen LogP) is 4.09. The molecule has 2 aliphatic carbocycles. The third kappa shape index (κ3) is 1.87. The maximum atomic E-state index is 6.16. The molecular weight excluding hydrogens is 282 g/mol. The van der Waals surface area contributed by atoms with Crippen LogP contribution in [0.3, 0.4) is 0 Å². The molecule has 5 rings (SSSR count). The van der Waals surface area contributed by atoms with Gasteiger partial charge >= 0.3 is 0 Å². The lowest BCUT2D eigenvalue weighted by molar-refractivity contribution is 0.398. The Morgan fingerprint density at radius 3 is 2.95 bits per heavy atom. The van der Waals surface area contributed by atoms with Gasteiger partial charge in [0.25, 0.3) is 0 Å². The fourth-order valence-electron chi connectivity index (χ4n) is 4.50. The zero-order valence-electron chi connectivity index (χ0n) is 12.1. The molecule has 110 valence electrons. The van der Waals surface area contributed by atoms with Gasteiger partial charge in [0.15, 0.2) is 0 Å². The Balaban J connectivity index is 1.66. The van der Waals surface area contributed by atoms with Crippen molar-refractivity contribution in [1.29, 1.82) is 0 Å². The molecule has 0 spiro atoms. The van der Waals surface area contributed by atoms with Crippen LogP contribution >= 0.6 is 11.6 Å². The van der Waals surface area contributed by atoms with Crippen LogP contribution in [0.25, 0.3) is 11.0 Å². The Labute approximate surface area is 129 Å². The zero-order valence-corrected chi connectivity index (χ0v) is 12.8. The SMILES string of the molecule is Clc1ccc2c(c1)nc(C1NCC3CCCC31)n2C1CC1. The van der Waals surface area contributed by atoms with E-state index in [0.717, 1.165) is 22.4 Å². The Morgan fingerprint density at radius 2 is 2.10 bits per heavy atom. The highest BCUT2D eigenvalue weighted by Crippen LogP contribution is 2.47. The first-order valence-corrected chi connectivity index (χ1v) is 8.60. The molecule has 3 aliphatic rings. The summed E-state index contributed by atoms with van der Waals surface area (Å²) in [6.07, 6.45) is 6.73. The highest BCUT2D eigenvalue weighted by atomic mass is 35.5. The molecule has 2 saturated carbocycles. The van der Waals surface area contributed by atoms with E-state index < -0.39 is 0 Å². The highest BCUT2D eigenvalue weighted by molar-refractivity contribution is 6.31. The van der Waals surface area contributed by atoms with Gasteiger partial charge in [-0.2, -0.15) is 0 Å². The molecule has 1 saturated heterocycles. The third-order valence-corrected chi connectivity index (χ3v) is 5.85. The number of nitrogens with zero attached hydrogens (tertiary/aromatic N) is 2. The predicted molar refractivity (Wildman–Crippen MR) is 84.6 cm³/mol. The summed E-state index contributed by atoms with van der Waals surface area (Å²) in [6, 6.07) is 7.26. The minimum absolute atomic E-state index is 0.448. The molecule has 1 aromatic carbocycles. The van der Waals surface area contributed by atoms with E-state index in [9.17, 15) is 0 Å². The average Bonchev–Trinajstić information content (AvgIpc) is 2.93. The fraction of sp³-hybridized carbons (Fsp3) is 0.588. The molecular formula is C17H20ClN3. The molecule has 3 atom stereocenters. The smallest absolute Gasteiger partial charge is 0.127 e. The second-order valence-corrected chi connectivity index (χ2v) is 7.38. The van der Waals surface area contributed by atoms with Crippen LogP contribution in [0.5, 0.6) is 0 Å². The van der Waals surface area contributed by atoms with Crippen molar-refractivity contribution in [2.24, 2.45) is 11.8 Å². The van der Waals surface area contributed by atoms with Crippen molar-refractivity contribution in [3.8, 4) is 0 Å². The summed E-state index contributed by atoms with van der Waals surface area (Å²) in [5.74, 6) is 2.92. The van der Waals surface area contributed by atoms with E-state index in [-0.39, 0.29) is 0 Å². The summed E-state index contributed by atoms with van der Waals surface area (Å²) in [5, 5.41) is 4.54. The standard InChI is InChI=1S/C17H20ClN3/c18-11-4-7-15-14(8-11)20-17(21(15)12-5-6-12)16-13-3-1-2-10(13)9-19-16/h4,7-8,10,12-13,16,19H,1-3,5-6,9H2. The van der Waals surface area contributed by atoms with E-state index in [1.54, 1.807) is 0 Å². The Morgan fingerprint density at radius 1 is 1.19 bits per heavy atom. The maximum Gasteiger partial charge on any atom is 0.127 e. The van der Waals surface area contributed by atoms with Crippen molar-refractivity contribution in [1.82, 2.24) is 14.9 Å². The summed E-state index contributed by atoms with van der Waals surface area (Å²) >= 11 is 6.16. The van der Waals surface area contributed by atoms with E-state index in [4.69, 9.17) is 16.6 Å². The van der Waals surface area contributed by atoms with Gasteiger partial charge in [0.1, 0.15) is 5.82 Å². The van der Waals surface area contributed by atoms with Gasteiger partial charge in [0.05, 0.1) is 17.1 Å². The van der Waals surface area contributed by atoms with Gasteiger partial charge in [-0.15, -0.1) is 0 Å². The molecule has 2 heterocycles. The molecule has 21 heavy (non-hydrogen) atoms. The van der Waals surface area contributed by atoms with Gasteiger partial charge in [-0.25, -0.2) is 4.98 Å². The van der Waals surface area contributed by atoms with Crippen molar-refractivity contribution in [2.75, 3.05) is 6.54 Å². The van der Waals surface area contributed by atoms with Crippen molar-refractivity contribution >= 4 is 22.6 Å². The van der Waals surface area contributed by atoms with Crippen LogP contribution in [0.15, 0.2) is 18.2 Å². The normalized spacial score (nSPS) is 32.0. The summed E-state index contributed by atoms with van der Waals surface area (Å²) < 4.78 is 2.50. The van der Waals surface area contributed by atoms with Crippen LogP contribution in [0.4, 0.5) is 0 Å². The number of imidazole rings is 1. The van der Waals surface area contributed by atoms with Gasteiger partial charge in [-0.1, -0.05) is 18.0 Å². The molecule has 1 aromatic heterocycles. The number of hydrogen-bond donors (Lipinski definition) is 1. The number of benzene rings is 1. The van der Waals surface area contributed by atoms with E-state index in [1.165, 1.54) is 50.0 Å². The molecule has 1 N–H and O–H groups in total. The van der Waals surface area contributed by atoms with Gasteiger partial charge in [-0.05, 0) is 62.3 Å². The van der Waals surface area contributed by atoms with Crippen molar-refractivity contribution in [3.63, 3.8) is 0 Å². The number of aromatic nitrogens is 2. The summed E-state index contributed by atoms with van der Waals surface area (Å²) in [7, 11) is 0. The molecule has 4 heteroatoms. The maximum absolute atomic E-state index is 6.16. The molecule has 3 fully saturated rings. The zero-order chi connectivity index (χ0) is 14.0. The van der Waals surface area contributed by atoms with Crippen LogP contribution < -0.4 is 5.32 Å². The molecule has 1 aliphatic heterocycles. The summed E-state index contributed by atoms with van der Waals surface area (Å²) in [6.45, 7) is 1.17. The Bertz CT molecular complexity index is 703. The van der Waals surface area contributed by atoms with Crippen molar-refractivity contribution in [2.45, 2.75) is 44.2 Å². The van der Waals surface area contributed by atoms with E-state index in [1.807, 2.05) is 12.1 Å². The lowest BCUT2D eigenvalue weighted by Gasteiger charge is -2.19. The largest absolute Gasteiger partial charge is 0.324 e. The lowest BCUT2D eigenvalue weighted by Crippen LogP contribution is -2.22.